The van der Waals surface area contributed by atoms with Gasteiger partial charge in [0, 0.05) is 29.6 Å². The molecule has 1 atom stereocenters. The number of aliphatic hydroxyl groups is 2. The van der Waals surface area contributed by atoms with E-state index in [1.165, 1.54) is 0 Å². The second-order valence-corrected chi connectivity index (χ2v) is 5.31. The summed E-state index contributed by atoms with van der Waals surface area (Å²) in [5, 5.41) is 22.5. The third kappa shape index (κ3) is 3.54. The van der Waals surface area contributed by atoms with Crippen molar-refractivity contribution < 1.29 is 14.7 Å². The van der Waals surface area contributed by atoms with Gasteiger partial charge in [-0.2, -0.15) is 0 Å². The average molecular weight is 323 g/mol. The minimum atomic E-state index is -0.640. The fourth-order valence-corrected chi connectivity index (χ4v) is 2.38. The minimum Gasteiger partial charge on any atom is -0.385 e. The summed E-state index contributed by atoms with van der Waals surface area (Å²) >= 11 is 0. The van der Waals surface area contributed by atoms with Gasteiger partial charge in [-0.05, 0) is 31.2 Å². The van der Waals surface area contributed by atoms with Crippen LogP contribution in [0.5, 0.6) is 0 Å². The number of hydrogen-bond donors (Lipinski definition) is 2. The zero-order valence-electron chi connectivity index (χ0n) is 13.2. The average Bonchev–Trinajstić information content (AvgIpc) is 3.23. The molecule has 0 unspecified atom stereocenters. The van der Waals surface area contributed by atoms with Gasteiger partial charge in [-0.3, -0.25) is 0 Å². The molecule has 0 saturated carbocycles. The fraction of sp³-hybridized carbons (Fsp3) is 0.222. The summed E-state index contributed by atoms with van der Waals surface area (Å²) in [6.07, 6.45) is 2.80. The Labute approximate surface area is 139 Å². The van der Waals surface area contributed by atoms with Crippen LogP contribution in [0.25, 0.3) is 11.3 Å². The van der Waals surface area contributed by atoms with Gasteiger partial charge in [0.25, 0.3) is 0 Å². The van der Waals surface area contributed by atoms with Crippen molar-refractivity contribution in [3.8, 4) is 23.2 Å². The lowest BCUT2D eigenvalue weighted by Gasteiger charge is -2.07. The first kappa shape index (κ1) is 16.0. The molecule has 3 aromatic rings. The van der Waals surface area contributed by atoms with Crippen molar-refractivity contribution in [1.29, 1.82) is 0 Å². The van der Waals surface area contributed by atoms with Crippen LogP contribution in [0.2, 0.25) is 0 Å². The molecule has 0 aliphatic rings. The van der Waals surface area contributed by atoms with Gasteiger partial charge in [0.15, 0.2) is 5.76 Å². The monoisotopic (exact) mass is 323 g/mol. The van der Waals surface area contributed by atoms with Crippen LogP contribution in [-0.2, 0) is 6.54 Å². The molecule has 24 heavy (non-hydrogen) atoms. The molecule has 0 amide bonds. The van der Waals surface area contributed by atoms with Crippen LogP contribution in [0.3, 0.4) is 0 Å². The molecule has 0 spiro atoms. The van der Waals surface area contributed by atoms with E-state index >= 15 is 0 Å². The van der Waals surface area contributed by atoms with Crippen molar-refractivity contribution in [3.05, 3.63) is 59.8 Å². The SMILES string of the molecule is C[C@H](O)c1nccn1Cc1cc(-c2ccc(C#CCO)cc2)on1. The molecule has 6 nitrogen and oxygen atoms in total. The number of nitrogens with zero attached hydrogens (tertiary/aromatic N) is 3. The van der Waals surface area contributed by atoms with Crippen molar-refractivity contribution in [1.82, 2.24) is 14.7 Å². The lowest BCUT2D eigenvalue weighted by Crippen LogP contribution is -2.07. The summed E-state index contributed by atoms with van der Waals surface area (Å²) in [4.78, 5) is 4.13. The maximum absolute atomic E-state index is 9.69. The third-order valence-electron chi connectivity index (χ3n) is 3.49. The van der Waals surface area contributed by atoms with E-state index in [-0.39, 0.29) is 6.61 Å². The van der Waals surface area contributed by atoms with Crippen LogP contribution in [-0.4, -0.2) is 31.5 Å². The number of aliphatic hydroxyl groups excluding tert-OH is 2. The van der Waals surface area contributed by atoms with Crippen molar-refractivity contribution in [2.45, 2.75) is 19.6 Å². The van der Waals surface area contributed by atoms with E-state index < -0.39 is 6.10 Å². The van der Waals surface area contributed by atoms with Crippen LogP contribution in [0.4, 0.5) is 0 Å². The van der Waals surface area contributed by atoms with Gasteiger partial charge in [0.2, 0.25) is 0 Å². The number of hydrogen-bond acceptors (Lipinski definition) is 5. The first-order valence-electron chi connectivity index (χ1n) is 7.52. The van der Waals surface area contributed by atoms with Gasteiger partial charge in [-0.25, -0.2) is 4.98 Å². The largest absolute Gasteiger partial charge is 0.385 e. The Kier molecular flexibility index (Phi) is 4.75. The summed E-state index contributed by atoms with van der Waals surface area (Å²) in [6.45, 7) is 1.99. The predicted molar refractivity (Wildman–Crippen MR) is 87.9 cm³/mol. The zero-order chi connectivity index (χ0) is 16.9. The third-order valence-corrected chi connectivity index (χ3v) is 3.49. The number of benzene rings is 1. The fourth-order valence-electron chi connectivity index (χ4n) is 2.38. The maximum atomic E-state index is 9.69. The standard InChI is InChI=1S/C18H17N3O3/c1-13(23)18-19-8-9-21(18)12-16-11-17(24-20-16)15-6-4-14(5-7-15)3-2-10-22/h4-9,11,13,22-23H,10,12H2,1H3/t13-/m0/s1. The molecule has 122 valence electrons. The van der Waals surface area contributed by atoms with Crippen LogP contribution in [0.1, 0.15) is 30.1 Å². The van der Waals surface area contributed by atoms with Gasteiger partial charge in [-0.1, -0.05) is 17.0 Å². The molecular weight excluding hydrogens is 306 g/mol. The highest BCUT2D eigenvalue weighted by Crippen LogP contribution is 2.21. The summed E-state index contributed by atoms with van der Waals surface area (Å²) < 4.78 is 7.23. The first-order valence-corrected chi connectivity index (χ1v) is 7.52. The van der Waals surface area contributed by atoms with E-state index in [1.807, 2.05) is 34.9 Å². The van der Waals surface area contributed by atoms with Crippen molar-refractivity contribution in [3.63, 3.8) is 0 Å². The van der Waals surface area contributed by atoms with Gasteiger partial charge >= 0.3 is 0 Å². The highest BCUT2D eigenvalue weighted by Gasteiger charge is 2.12. The maximum Gasteiger partial charge on any atom is 0.167 e. The predicted octanol–water partition coefficient (Wildman–Crippen LogP) is 1.98. The summed E-state index contributed by atoms with van der Waals surface area (Å²) in [7, 11) is 0. The van der Waals surface area contributed by atoms with Crippen LogP contribution < -0.4 is 0 Å². The van der Waals surface area contributed by atoms with Gasteiger partial charge in [-0.15, -0.1) is 0 Å². The van der Waals surface area contributed by atoms with Crippen LogP contribution >= 0.6 is 0 Å². The van der Waals surface area contributed by atoms with E-state index in [0.29, 0.717) is 18.1 Å². The molecule has 0 bridgehead atoms. The van der Waals surface area contributed by atoms with Gasteiger partial charge in [0.05, 0.1) is 6.54 Å². The molecule has 1 aromatic carbocycles. The highest BCUT2D eigenvalue weighted by molar-refractivity contribution is 5.59. The van der Waals surface area contributed by atoms with Crippen molar-refractivity contribution in [2.75, 3.05) is 6.61 Å². The second-order valence-electron chi connectivity index (χ2n) is 5.31. The Balaban J connectivity index is 1.77. The Morgan fingerprint density at radius 1 is 1.29 bits per heavy atom. The lowest BCUT2D eigenvalue weighted by molar-refractivity contribution is 0.184. The number of imidazole rings is 1. The minimum absolute atomic E-state index is 0.157. The molecule has 6 heteroatoms. The zero-order valence-corrected chi connectivity index (χ0v) is 13.2. The molecule has 0 fully saturated rings. The van der Waals surface area contributed by atoms with E-state index in [4.69, 9.17) is 9.63 Å². The van der Waals surface area contributed by atoms with Crippen molar-refractivity contribution in [2.24, 2.45) is 0 Å². The van der Waals surface area contributed by atoms with Crippen molar-refractivity contribution >= 4 is 0 Å². The normalized spacial score (nSPS) is 11.8. The summed E-state index contributed by atoms with van der Waals surface area (Å²) in [5.41, 5.74) is 2.46. The van der Waals surface area contributed by atoms with Crippen LogP contribution in [0.15, 0.2) is 47.2 Å². The molecule has 0 saturated heterocycles. The molecule has 2 aromatic heterocycles. The molecule has 0 aliphatic carbocycles. The summed E-state index contributed by atoms with van der Waals surface area (Å²) in [6, 6.07) is 9.37. The lowest BCUT2D eigenvalue weighted by atomic mass is 10.1. The quantitative estimate of drug-likeness (QED) is 0.717. The second kappa shape index (κ2) is 7.13. The topological polar surface area (TPSA) is 84.3 Å². The molecule has 2 N–H and O–H groups in total. The molecule has 0 aliphatic heterocycles. The van der Waals surface area contributed by atoms with Crippen LogP contribution in [0, 0.1) is 11.8 Å². The van der Waals surface area contributed by atoms with E-state index in [9.17, 15) is 5.11 Å². The molecule has 2 heterocycles. The Bertz CT molecular complexity index is 867. The Morgan fingerprint density at radius 2 is 2.08 bits per heavy atom. The number of rotatable bonds is 4. The molecular formula is C18H17N3O3. The molecule has 3 rings (SSSR count). The Morgan fingerprint density at radius 3 is 2.79 bits per heavy atom. The van der Waals surface area contributed by atoms with Gasteiger partial charge in [0.1, 0.15) is 24.2 Å². The van der Waals surface area contributed by atoms with Gasteiger partial charge < -0.3 is 19.3 Å². The van der Waals surface area contributed by atoms with E-state index in [2.05, 4.69) is 22.0 Å². The number of aromatic nitrogens is 3. The highest BCUT2D eigenvalue weighted by atomic mass is 16.5. The molecule has 0 radical (unpaired) electrons. The first-order chi connectivity index (χ1) is 11.7. The Hall–Kier alpha value is -2.88. The van der Waals surface area contributed by atoms with E-state index in [0.717, 1.165) is 16.8 Å². The summed E-state index contributed by atoms with van der Waals surface area (Å²) in [5.74, 6) is 6.70. The van der Waals surface area contributed by atoms with E-state index in [1.54, 1.807) is 19.3 Å². The smallest absolute Gasteiger partial charge is 0.167 e.